The van der Waals surface area contributed by atoms with Gasteiger partial charge in [0.25, 0.3) is 0 Å². The third-order valence-electron chi connectivity index (χ3n) is 3.11. The molecular formula is C16H23N3O. The molecule has 2 aromatic rings. The molecule has 0 aliphatic rings. The van der Waals surface area contributed by atoms with Crippen molar-refractivity contribution in [3.63, 3.8) is 0 Å². The standard InChI is InChI=1S/C16H23N3O/c1-16(2,3)18-11-15-17-9-10-19(15)12-13-7-5-6-8-14(13)20-4/h5-10,18H,11-12H2,1-4H3. The number of methoxy groups -OCH3 is 1. The number of para-hydroxylation sites is 1. The molecule has 2 rings (SSSR count). The van der Waals surface area contributed by atoms with Crippen LogP contribution in [0.15, 0.2) is 36.7 Å². The van der Waals surface area contributed by atoms with E-state index in [2.05, 4.69) is 41.7 Å². The van der Waals surface area contributed by atoms with Crippen LogP contribution in [0.4, 0.5) is 0 Å². The Balaban J connectivity index is 2.12. The van der Waals surface area contributed by atoms with E-state index in [9.17, 15) is 0 Å². The molecule has 4 heteroatoms. The zero-order valence-corrected chi connectivity index (χ0v) is 12.7. The molecule has 108 valence electrons. The molecule has 20 heavy (non-hydrogen) atoms. The van der Waals surface area contributed by atoms with Crippen LogP contribution in [0.5, 0.6) is 5.75 Å². The first-order valence-corrected chi connectivity index (χ1v) is 6.86. The van der Waals surface area contributed by atoms with Gasteiger partial charge in [-0.1, -0.05) is 18.2 Å². The average molecular weight is 273 g/mol. The number of nitrogens with one attached hydrogen (secondary N) is 1. The lowest BCUT2D eigenvalue weighted by atomic mass is 10.1. The molecule has 4 nitrogen and oxygen atoms in total. The van der Waals surface area contributed by atoms with Gasteiger partial charge in [0.1, 0.15) is 11.6 Å². The summed E-state index contributed by atoms with van der Waals surface area (Å²) in [4.78, 5) is 4.43. The third kappa shape index (κ3) is 3.84. The monoisotopic (exact) mass is 273 g/mol. The van der Waals surface area contributed by atoms with Crippen molar-refractivity contribution in [3.05, 3.63) is 48.0 Å². The van der Waals surface area contributed by atoms with E-state index < -0.39 is 0 Å². The Morgan fingerprint density at radius 3 is 2.70 bits per heavy atom. The summed E-state index contributed by atoms with van der Waals surface area (Å²) >= 11 is 0. The third-order valence-corrected chi connectivity index (χ3v) is 3.11. The van der Waals surface area contributed by atoms with Crippen molar-refractivity contribution in [2.45, 2.75) is 39.4 Å². The first kappa shape index (κ1) is 14.6. The maximum Gasteiger partial charge on any atom is 0.123 e. The summed E-state index contributed by atoms with van der Waals surface area (Å²) in [5.74, 6) is 1.95. The average Bonchev–Trinajstić information content (AvgIpc) is 2.83. The minimum Gasteiger partial charge on any atom is -0.496 e. The molecule has 0 amide bonds. The van der Waals surface area contributed by atoms with Gasteiger partial charge in [0, 0.05) is 23.5 Å². The molecule has 1 heterocycles. The summed E-state index contributed by atoms with van der Waals surface area (Å²) in [6.07, 6.45) is 3.85. The van der Waals surface area contributed by atoms with Crippen LogP contribution in [0.2, 0.25) is 0 Å². The summed E-state index contributed by atoms with van der Waals surface area (Å²) in [7, 11) is 1.70. The fourth-order valence-corrected chi connectivity index (χ4v) is 2.01. The van der Waals surface area contributed by atoms with Crippen LogP contribution in [-0.4, -0.2) is 22.2 Å². The molecule has 1 N–H and O–H groups in total. The van der Waals surface area contributed by atoms with Crippen molar-refractivity contribution < 1.29 is 4.74 Å². The van der Waals surface area contributed by atoms with E-state index in [0.717, 1.165) is 30.2 Å². The molecule has 0 aliphatic heterocycles. The van der Waals surface area contributed by atoms with E-state index in [-0.39, 0.29) is 5.54 Å². The van der Waals surface area contributed by atoms with Crippen LogP contribution in [0.3, 0.4) is 0 Å². The van der Waals surface area contributed by atoms with Crippen molar-refractivity contribution in [2.24, 2.45) is 0 Å². The zero-order valence-electron chi connectivity index (χ0n) is 12.7. The van der Waals surface area contributed by atoms with Gasteiger partial charge in [-0.05, 0) is 26.8 Å². The molecule has 0 saturated heterocycles. The van der Waals surface area contributed by atoms with Gasteiger partial charge in [-0.15, -0.1) is 0 Å². The maximum absolute atomic E-state index is 5.40. The number of aromatic nitrogens is 2. The van der Waals surface area contributed by atoms with Crippen LogP contribution >= 0.6 is 0 Å². The molecular weight excluding hydrogens is 250 g/mol. The van der Waals surface area contributed by atoms with Gasteiger partial charge < -0.3 is 14.6 Å². The predicted octanol–water partition coefficient (Wildman–Crippen LogP) is 2.83. The summed E-state index contributed by atoms with van der Waals surface area (Å²) in [6.45, 7) is 7.98. The molecule has 1 aromatic heterocycles. The van der Waals surface area contributed by atoms with Crippen LogP contribution in [0.25, 0.3) is 0 Å². The van der Waals surface area contributed by atoms with Crippen LogP contribution in [-0.2, 0) is 13.1 Å². The Hall–Kier alpha value is -1.81. The van der Waals surface area contributed by atoms with Gasteiger partial charge >= 0.3 is 0 Å². The van der Waals surface area contributed by atoms with Crippen molar-refractivity contribution in [2.75, 3.05) is 7.11 Å². The van der Waals surface area contributed by atoms with E-state index in [1.807, 2.05) is 30.6 Å². The minimum absolute atomic E-state index is 0.0845. The van der Waals surface area contributed by atoms with E-state index in [1.54, 1.807) is 7.11 Å². The number of rotatable bonds is 5. The summed E-state index contributed by atoms with van der Waals surface area (Å²) in [5.41, 5.74) is 1.24. The lowest BCUT2D eigenvalue weighted by Gasteiger charge is -2.20. The zero-order chi connectivity index (χ0) is 14.6. The van der Waals surface area contributed by atoms with Crippen molar-refractivity contribution in [3.8, 4) is 5.75 Å². The highest BCUT2D eigenvalue weighted by atomic mass is 16.5. The SMILES string of the molecule is COc1ccccc1Cn1ccnc1CNC(C)(C)C. The molecule has 0 unspecified atom stereocenters. The Bertz CT molecular complexity index is 555. The Morgan fingerprint density at radius 1 is 1.25 bits per heavy atom. The highest BCUT2D eigenvalue weighted by molar-refractivity contribution is 5.33. The van der Waals surface area contributed by atoms with E-state index in [4.69, 9.17) is 4.74 Å². The van der Waals surface area contributed by atoms with Crippen molar-refractivity contribution in [1.29, 1.82) is 0 Å². The first-order chi connectivity index (χ1) is 9.49. The topological polar surface area (TPSA) is 39.1 Å². The van der Waals surface area contributed by atoms with Gasteiger partial charge in [0.05, 0.1) is 20.2 Å². The molecule has 0 saturated carbocycles. The van der Waals surface area contributed by atoms with E-state index in [1.165, 1.54) is 0 Å². The fraction of sp³-hybridized carbons (Fsp3) is 0.438. The molecule has 1 aromatic carbocycles. The second-order valence-corrected chi connectivity index (χ2v) is 5.89. The maximum atomic E-state index is 5.40. The quantitative estimate of drug-likeness (QED) is 0.910. The van der Waals surface area contributed by atoms with Crippen molar-refractivity contribution >= 4 is 0 Å². The number of ether oxygens (including phenoxy) is 1. The predicted molar refractivity (Wildman–Crippen MR) is 80.9 cm³/mol. The van der Waals surface area contributed by atoms with Crippen LogP contribution < -0.4 is 10.1 Å². The lowest BCUT2D eigenvalue weighted by molar-refractivity contribution is 0.404. The normalized spacial score (nSPS) is 11.6. The summed E-state index contributed by atoms with van der Waals surface area (Å²) in [5, 5.41) is 3.46. The second kappa shape index (κ2) is 6.09. The van der Waals surface area contributed by atoms with Gasteiger partial charge in [0.15, 0.2) is 0 Å². The van der Waals surface area contributed by atoms with Gasteiger partial charge in [0.2, 0.25) is 0 Å². The lowest BCUT2D eigenvalue weighted by Crippen LogP contribution is -2.36. The molecule has 0 radical (unpaired) electrons. The molecule has 0 spiro atoms. The van der Waals surface area contributed by atoms with Gasteiger partial charge in [-0.25, -0.2) is 4.98 Å². The highest BCUT2D eigenvalue weighted by Crippen LogP contribution is 2.19. The van der Waals surface area contributed by atoms with Crippen LogP contribution in [0.1, 0.15) is 32.2 Å². The number of hydrogen-bond donors (Lipinski definition) is 1. The number of nitrogens with zero attached hydrogens (tertiary/aromatic N) is 2. The molecule has 0 fully saturated rings. The van der Waals surface area contributed by atoms with Gasteiger partial charge in [-0.3, -0.25) is 0 Å². The van der Waals surface area contributed by atoms with Gasteiger partial charge in [-0.2, -0.15) is 0 Å². The Labute approximate surface area is 120 Å². The molecule has 0 atom stereocenters. The number of imidazole rings is 1. The first-order valence-electron chi connectivity index (χ1n) is 6.86. The fourth-order valence-electron chi connectivity index (χ4n) is 2.01. The van der Waals surface area contributed by atoms with Crippen LogP contribution in [0, 0.1) is 0 Å². The second-order valence-electron chi connectivity index (χ2n) is 5.89. The molecule has 0 bridgehead atoms. The summed E-state index contributed by atoms with van der Waals surface area (Å²) in [6, 6.07) is 8.08. The summed E-state index contributed by atoms with van der Waals surface area (Å²) < 4.78 is 7.55. The smallest absolute Gasteiger partial charge is 0.123 e. The Morgan fingerprint density at radius 2 is 2.00 bits per heavy atom. The number of hydrogen-bond acceptors (Lipinski definition) is 3. The molecule has 0 aliphatic carbocycles. The Kier molecular flexibility index (Phi) is 4.45. The largest absolute Gasteiger partial charge is 0.496 e. The van der Waals surface area contributed by atoms with Crippen molar-refractivity contribution in [1.82, 2.24) is 14.9 Å². The highest BCUT2D eigenvalue weighted by Gasteiger charge is 2.12. The minimum atomic E-state index is 0.0845. The van der Waals surface area contributed by atoms with E-state index in [0.29, 0.717) is 0 Å². The number of benzene rings is 1. The van der Waals surface area contributed by atoms with E-state index >= 15 is 0 Å².